The van der Waals surface area contributed by atoms with Gasteiger partial charge in [-0.3, -0.25) is 9.59 Å². The number of para-hydroxylation sites is 1. The number of carbonyl (C=O) groups excluding carboxylic acids is 1. The quantitative estimate of drug-likeness (QED) is 0.797. The molecule has 0 unspecified atom stereocenters. The number of amides is 1. The first kappa shape index (κ1) is 18.4. The SMILES string of the molecule is CN(CCCC(=O)O)C(=O)c1ccccc1OCc1ccc(F)cc1. The van der Waals surface area contributed by atoms with Gasteiger partial charge in [-0.1, -0.05) is 24.3 Å². The lowest BCUT2D eigenvalue weighted by Crippen LogP contribution is -2.28. The fraction of sp³-hybridized carbons (Fsp3) is 0.263. The highest BCUT2D eigenvalue weighted by Crippen LogP contribution is 2.21. The zero-order chi connectivity index (χ0) is 18.2. The van der Waals surface area contributed by atoms with E-state index < -0.39 is 5.97 Å². The summed E-state index contributed by atoms with van der Waals surface area (Å²) in [7, 11) is 1.63. The largest absolute Gasteiger partial charge is 0.488 e. The Balaban J connectivity index is 2.02. The summed E-state index contributed by atoms with van der Waals surface area (Å²) in [6.07, 6.45) is 0.399. The first-order valence-corrected chi connectivity index (χ1v) is 7.91. The number of aliphatic carboxylic acids is 1. The maximum absolute atomic E-state index is 12.9. The van der Waals surface area contributed by atoms with Gasteiger partial charge in [0.2, 0.25) is 0 Å². The van der Waals surface area contributed by atoms with Gasteiger partial charge in [0.25, 0.3) is 5.91 Å². The number of benzene rings is 2. The zero-order valence-electron chi connectivity index (χ0n) is 13.9. The third-order valence-corrected chi connectivity index (χ3v) is 3.66. The highest BCUT2D eigenvalue weighted by atomic mass is 19.1. The molecular formula is C19H20FNO4. The number of nitrogens with zero attached hydrogens (tertiary/aromatic N) is 1. The lowest BCUT2D eigenvalue weighted by Gasteiger charge is -2.19. The van der Waals surface area contributed by atoms with Gasteiger partial charge in [0.15, 0.2) is 0 Å². The summed E-state index contributed by atoms with van der Waals surface area (Å²) in [6, 6.07) is 12.8. The average Bonchev–Trinajstić information content (AvgIpc) is 2.60. The van der Waals surface area contributed by atoms with Gasteiger partial charge in [-0.2, -0.15) is 0 Å². The van der Waals surface area contributed by atoms with Gasteiger partial charge >= 0.3 is 5.97 Å². The topological polar surface area (TPSA) is 66.8 Å². The van der Waals surface area contributed by atoms with E-state index in [-0.39, 0.29) is 24.8 Å². The lowest BCUT2D eigenvalue weighted by atomic mass is 10.1. The third-order valence-electron chi connectivity index (χ3n) is 3.66. The standard InChI is InChI=1S/C19H20FNO4/c1-21(12-4-7-18(22)23)19(24)16-5-2-3-6-17(16)25-13-14-8-10-15(20)11-9-14/h2-3,5-6,8-11H,4,7,12-13H2,1H3,(H,22,23). The van der Waals surface area contributed by atoms with E-state index in [2.05, 4.69) is 0 Å². The number of carbonyl (C=O) groups is 2. The number of rotatable bonds is 8. The lowest BCUT2D eigenvalue weighted by molar-refractivity contribution is -0.137. The molecule has 0 bridgehead atoms. The molecule has 0 aromatic heterocycles. The van der Waals surface area contributed by atoms with Crippen LogP contribution in [0, 0.1) is 5.82 Å². The maximum atomic E-state index is 12.9. The Bertz CT molecular complexity index is 730. The summed E-state index contributed by atoms with van der Waals surface area (Å²) in [5.74, 6) is -1.01. The van der Waals surface area contributed by atoms with Crippen molar-refractivity contribution in [1.29, 1.82) is 0 Å². The molecule has 25 heavy (non-hydrogen) atoms. The Kier molecular flexibility index (Phi) is 6.51. The second-order valence-electron chi connectivity index (χ2n) is 5.64. The minimum atomic E-state index is -0.885. The number of ether oxygens (including phenoxy) is 1. The Morgan fingerprint density at radius 2 is 1.80 bits per heavy atom. The summed E-state index contributed by atoms with van der Waals surface area (Å²) >= 11 is 0. The maximum Gasteiger partial charge on any atom is 0.303 e. The summed E-state index contributed by atoms with van der Waals surface area (Å²) < 4.78 is 18.6. The fourth-order valence-electron chi connectivity index (χ4n) is 2.29. The van der Waals surface area contributed by atoms with E-state index in [4.69, 9.17) is 9.84 Å². The molecule has 2 aromatic rings. The van der Waals surface area contributed by atoms with Gasteiger partial charge in [-0.15, -0.1) is 0 Å². The van der Waals surface area contributed by atoms with Crippen LogP contribution < -0.4 is 4.74 Å². The van der Waals surface area contributed by atoms with E-state index in [1.54, 1.807) is 43.4 Å². The minimum Gasteiger partial charge on any atom is -0.488 e. The van der Waals surface area contributed by atoms with Gasteiger partial charge in [0, 0.05) is 20.0 Å². The van der Waals surface area contributed by atoms with Crippen molar-refractivity contribution in [2.24, 2.45) is 0 Å². The van der Waals surface area contributed by atoms with Gasteiger partial charge in [-0.05, 0) is 36.2 Å². The number of hydrogen-bond acceptors (Lipinski definition) is 3. The molecule has 0 aliphatic rings. The van der Waals surface area contributed by atoms with Crippen molar-refractivity contribution in [3.63, 3.8) is 0 Å². The van der Waals surface area contributed by atoms with E-state index in [1.165, 1.54) is 17.0 Å². The molecule has 0 aliphatic heterocycles. The van der Waals surface area contributed by atoms with E-state index in [1.807, 2.05) is 0 Å². The van der Waals surface area contributed by atoms with Crippen LogP contribution in [-0.4, -0.2) is 35.5 Å². The first-order valence-electron chi connectivity index (χ1n) is 7.91. The molecule has 0 saturated carbocycles. The van der Waals surface area contributed by atoms with Crippen LogP contribution in [0.2, 0.25) is 0 Å². The van der Waals surface area contributed by atoms with Crippen molar-refractivity contribution in [3.05, 3.63) is 65.5 Å². The minimum absolute atomic E-state index is 0.0142. The van der Waals surface area contributed by atoms with Gasteiger partial charge in [-0.25, -0.2) is 4.39 Å². The molecule has 2 rings (SSSR count). The molecule has 1 amide bonds. The molecule has 132 valence electrons. The van der Waals surface area contributed by atoms with Crippen molar-refractivity contribution >= 4 is 11.9 Å². The molecule has 2 aromatic carbocycles. The van der Waals surface area contributed by atoms with Crippen LogP contribution in [0.5, 0.6) is 5.75 Å². The predicted octanol–water partition coefficient (Wildman–Crippen LogP) is 3.34. The molecule has 5 nitrogen and oxygen atoms in total. The van der Waals surface area contributed by atoms with Gasteiger partial charge in [0.05, 0.1) is 5.56 Å². The van der Waals surface area contributed by atoms with Crippen molar-refractivity contribution in [2.45, 2.75) is 19.4 Å². The van der Waals surface area contributed by atoms with Crippen LogP contribution in [0.25, 0.3) is 0 Å². The van der Waals surface area contributed by atoms with Gasteiger partial charge in [0.1, 0.15) is 18.2 Å². The Hall–Kier alpha value is -2.89. The van der Waals surface area contributed by atoms with E-state index in [9.17, 15) is 14.0 Å². The molecule has 0 spiro atoms. The van der Waals surface area contributed by atoms with Crippen LogP contribution in [0.3, 0.4) is 0 Å². The van der Waals surface area contributed by atoms with Gasteiger partial charge < -0.3 is 14.7 Å². The summed E-state index contributed by atoms with van der Waals surface area (Å²) in [4.78, 5) is 24.6. The summed E-state index contributed by atoms with van der Waals surface area (Å²) in [6.45, 7) is 0.560. The average molecular weight is 345 g/mol. The molecule has 0 fully saturated rings. The second-order valence-corrected chi connectivity index (χ2v) is 5.64. The van der Waals surface area contributed by atoms with Crippen LogP contribution in [-0.2, 0) is 11.4 Å². The fourth-order valence-corrected chi connectivity index (χ4v) is 2.29. The van der Waals surface area contributed by atoms with E-state index in [0.717, 1.165) is 5.56 Å². The summed E-state index contributed by atoms with van der Waals surface area (Å²) in [5.41, 5.74) is 1.20. The highest BCUT2D eigenvalue weighted by molar-refractivity contribution is 5.96. The number of carboxylic acid groups (broad SMARTS) is 1. The number of halogens is 1. The second kappa shape index (κ2) is 8.82. The molecule has 0 atom stereocenters. The van der Waals surface area contributed by atoms with Crippen LogP contribution >= 0.6 is 0 Å². The van der Waals surface area contributed by atoms with Crippen molar-refractivity contribution in [3.8, 4) is 5.75 Å². The third kappa shape index (κ3) is 5.60. The molecule has 6 heteroatoms. The highest BCUT2D eigenvalue weighted by Gasteiger charge is 2.16. The van der Waals surface area contributed by atoms with E-state index >= 15 is 0 Å². The molecular weight excluding hydrogens is 325 g/mol. The summed E-state index contributed by atoms with van der Waals surface area (Å²) in [5, 5.41) is 8.67. The van der Waals surface area contributed by atoms with Crippen LogP contribution in [0.4, 0.5) is 4.39 Å². The molecule has 0 saturated heterocycles. The number of carboxylic acids is 1. The van der Waals surface area contributed by atoms with Crippen molar-refractivity contribution in [2.75, 3.05) is 13.6 Å². The van der Waals surface area contributed by atoms with Crippen LogP contribution in [0.1, 0.15) is 28.8 Å². The van der Waals surface area contributed by atoms with E-state index in [0.29, 0.717) is 24.3 Å². The normalized spacial score (nSPS) is 10.3. The molecule has 0 radical (unpaired) electrons. The van der Waals surface area contributed by atoms with Crippen molar-refractivity contribution in [1.82, 2.24) is 4.90 Å². The number of hydrogen-bond donors (Lipinski definition) is 1. The Morgan fingerprint density at radius 1 is 1.12 bits per heavy atom. The smallest absolute Gasteiger partial charge is 0.303 e. The van der Waals surface area contributed by atoms with Crippen LogP contribution in [0.15, 0.2) is 48.5 Å². The molecule has 0 aliphatic carbocycles. The predicted molar refractivity (Wildman–Crippen MR) is 91.0 cm³/mol. The Labute approximate surface area is 145 Å². The molecule has 1 N–H and O–H groups in total. The Morgan fingerprint density at radius 3 is 2.48 bits per heavy atom. The molecule has 0 heterocycles. The monoisotopic (exact) mass is 345 g/mol. The first-order chi connectivity index (χ1) is 12.0. The zero-order valence-corrected chi connectivity index (χ0v) is 13.9. The van der Waals surface area contributed by atoms with Crippen molar-refractivity contribution < 1.29 is 23.8 Å².